The molecule has 0 bridgehead atoms. The first-order valence-electron chi connectivity index (χ1n) is 6.40. The fourth-order valence-electron chi connectivity index (χ4n) is 2.07. The van der Waals surface area contributed by atoms with Crippen LogP contribution in [0.2, 0.25) is 0 Å². The van der Waals surface area contributed by atoms with Crippen molar-refractivity contribution < 1.29 is 9.90 Å². The van der Waals surface area contributed by atoms with E-state index < -0.39 is 12.0 Å². The minimum atomic E-state index is -0.898. The molecule has 1 unspecified atom stereocenters. The first-order valence-corrected chi connectivity index (χ1v) is 6.40. The number of benzene rings is 2. The molecule has 4 heteroatoms. The second-order valence-corrected chi connectivity index (χ2v) is 4.74. The van der Waals surface area contributed by atoms with Gasteiger partial charge in [0.15, 0.2) is 6.04 Å². The third-order valence-corrected chi connectivity index (χ3v) is 3.07. The smallest absolute Gasteiger partial charge is 0.330 e. The maximum absolute atomic E-state index is 11.5. The largest absolute Gasteiger partial charge is 0.479 e. The molecule has 0 spiro atoms. The predicted molar refractivity (Wildman–Crippen MR) is 81.2 cm³/mol. The van der Waals surface area contributed by atoms with Crippen LogP contribution in [0.1, 0.15) is 11.6 Å². The van der Waals surface area contributed by atoms with Gasteiger partial charge in [0.25, 0.3) is 0 Å². The topological polar surface area (TPSA) is 52.6 Å². The molecule has 1 atom stereocenters. The summed E-state index contributed by atoms with van der Waals surface area (Å²) in [5.41, 5.74) is 2.48. The number of hydrogen-bond acceptors (Lipinski definition) is 3. The van der Waals surface area contributed by atoms with Crippen molar-refractivity contribution in [2.45, 2.75) is 6.04 Å². The molecule has 0 aliphatic carbocycles. The predicted octanol–water partition coefficient (Wildman–Crippen LogP) is 2.99. The van der Waals surface area contributed by atoms with Crippen LogP contribution in [0, 0.1) is 0 Å². The van der Waals surface area contributed by atoms with Gasteiger partial charge < -0.3 is 15.3 Å². The number of carbonyl (C=O) groups is 1. The Labute approximate surface area is 118 Å². The highest BCUT2D eigenvalue weighted by Gasteiger charge is 2.20. The average Bonchev–Trinajstić information content (AvgIpc) is 2.45. The monoisotopic (exact) mass is 270 g/mol. The zero-order valence-corrected chi connectivity index (χ0v) is 11.6. The van der Waals surface area contributed by atoms with E-state index in [1.807, 2.05) is 73.6 Å². The maximum Gasteiger partial charge on any atom is 0.330 e. The van der Waals surface area contributed by atoms with Gasteiger partial charge in [0, 0.05) is 14.1 Å². The lowest BCUT2D eigenvalue weighted by Gasteiger charge is -2.22. The Morgan fingerprint density at radius 1 is 1.05 bits per heavy atom. The van der Waals surface area contributed by atoms with Crippen molar-refractivity contribution in [1.29, 1.82) is 0 Å². The van der Waals surface area contributed by atoms with Crippen LogP contribution in [-0.2, 0) is 4.79 Å². The molecule has 0 amide bonds. The molecule has 4 nitrogen and oxygen atoms in total. The summed E-state index contributed by atoms with van der Waals surface area (Å²) in [5, 5.41) is 12.5. The number of para-hydroxylation sites is 2. The minimum absolute atomic E-state index is 0.730. The van der Waals surface area contributed by atoms with E-state index in [1.54, 1.807) is 0 Å². The Kier molecular flexibility index (Phi) is 4.25. The van der Waals surface area contributed by atoms with Crippen molar-refractivity contribution in [3.63, 3.8) is 0 Å². The van der Waals surface area contributed by atoms with Gasteiger partial charge in [-0.1, -0.05) is 42.5 Å². The molecule has 104 valence electrons. The van der Waals surface area contributed by atoms with Crippen LogP contribution in [0.15, 0.2) is 54.6 Å². The van der Waals surface area contributed by atoms with E-state index in [2.05, 4.69) is 5.32 Å². The Hall–Kier alpha value is -2.49. The normalized spacial score (nSPS) is 11.7. The minimum Gasteiger partial charge on any atom is -0.479 e. The van der Waals surface area contributed by atoms with Crippen LogP contribution < -0.4 is 10.2 Å². The van der Waals surface area contributed by atoms with E-state index in [-0.39, 0.29) is 0 Å². The number of hydrogen-bond donors (Lipinski definition) is 2. The molecule has 0 aromatic heterocycles. The number of carboxylic acids is 1. The van der Waals surface area contributed by atoms with Crippen LogP contribution in [0.25, 0.3) is 0 Å². The lowest BCUT2D eigenvalue weighted by Crippen LogP contribution is -2.22. The Bertz CT molecular complexity index is 582. The molecule has 2 rings (SSSR count). The molecular weight excluding hydrogens is 252 g/mol. The molecule has 0 aliphatic heterocycles. The van der Waals surface area contributed by atoms with Crippen LogP contribution in [0.3, 0.4) is 0 Å². The van der Waals surface area contributed by atoms with Crippen LogP contribution in [-0.4, -0.2) is 25.2 Å². The summed E-state index contributed by atoms with van der Waals surface area (Å²) >= 11 is 0. The Morgan fingerprint density at radius 2 is 1.65 bits per heavy atom. The molecule has 0 fully saturated rings. The number of aliphatic carboxylic acids is 1. The first-order chi connectivity index (χ1) is 9.59. The summed E-state index contributed by atoms with van der Waals surface area (Å²) in [7, 11) is 3.86. The van der Waals surface area contributed by atoms with E-state index >= 15 is 0 Å². The van der Waals surface area contributed by atoms with Gasteiger partial charge in [0.2, 0.25) is 0 Å². The van der Waals surface area contributed by atoms with E-state index in [0.717, 1.165) is 16.9 Å². The number of anilines is 2. The van der Waals surface area contributed by atoms with E-state index in [9.17, 15) is 9.90 Å². The van der Waals surface area contributed by atoms with Crippen molar-refractivity contribution in [2.75, 3.05) is 24.3 Å². The van der Waals surface area contributed by atoms with Crippen molar-refractivity contribution in [3.05, 3.63) is 60.2 Å². The van der Waals surface area contributed by atoms with Crippen LogP contribution in [0.5, 0.6) is 0 Å². The maximum atomic E-state index is 11.5. The summed E-state index contributed by atoms with van der Waals surface area (Å²) in [4.78, 5) is 13.5. The molecule has 2 N–H and O–H groups in total. The van der Waals surface area contributed by atoms with Gasteiger partial charge >= 0.3 is 5.97 Å². The quantitative estimate of drug-likeness (QED) is 0.877. The zero-order valence-electron chi connectivity index (χ0n) is 11.6. The summed E-state index contributed by atoms with van der Waals surface area (Å²) < 4.78 is 0. The summed E-state index contributed by atoms with van der Waals surface area (Å²) in [6.07, 6.45) is 0. The number of carboxylic acid groups (broad SMARTS) is 1. The van der Waals surface area contributed by atoms with Crippen molar-refractivity contribution in [2.24, 2.45) is 0 Å². The number of nitrogens with one attached hydrogen (secondary N) is 1. The Balaban J connectivity index is 2.33. The van der Waals surface area contributed by atoms with Gasteiger partial charge in [-0.25, -0.2) is 4.79 Å². The summed E-state index contributed by atoms with van der Waals surface area (Å²) in [6.45, 7) is 0. The third kappa shape index (κ3) is 3.09. The lowest BCUT2D eigenvalue weighted by atomic mass is 10.1. The second-order valence-electron chi connectivity index (χ2n) is 4.74. The average molecular weight is 270 g/mol. The Morgan fingerprint density at radius 3 is 2.25 bits per heavy atom. The van der Waals surface area contributed by atoms with Crippen LogP contribution in [0.4, 0.5) is 11.4 Å². The molecule has 2 aromatic rings. The molecule has 0 radical (unpaired) electrons. The highest BCUT2D eigenvalue weighted by atomic mass is 16.4. The standard InChI is InChI=1S/C16H18N2O2/c1-18(2)14-11-7-6-10-13(14)17-15(16(19)20)12-8-4-3-5-9-12/h3-11,15,17H,1-2H3,(H,19,20). The highest BCUT2D eigenvalue weighted by molar-refractivity contribution is 5.82. The van der Waals surface area contributed by atoms with Crippen molar-refractivity contribution in [1.82, 2.24) is 0 Å². The van der Waals surface area contributed by atoms with E-state index in [0.29, 0.717) is 0 Å². The molecule has 0 saturated carbocycles. The van der Waals surface area contributed by atoms with Gasteiger partial charge in [-0.05, 0) is 17.7 Å². The lowest BCUT2D eigenvalue weighted by molar-refractivity contribution is -0.138. The summed E-state index contributed by atoms with van der Waals surface area (Å²) in [5.74, 6) is -0.898. The van der Waals surface area contributed by atoms with Gasteiger partial charge in [-0.3, -0.25) is 0 Å². The second kappa shape index (κ2) is 6.10. The fraction of sp³-hybridized carbons (Fsp3) is 0.188. The van der Waals surface area contributed by atoms with Crippen LogP contribution >= 0.6 is 0 Å². The third-order valence-electron chi connectivity index (χ3n) is 3.07. The molecule has 2 aromatic carbocycles. The SMILES string of the molecule is CN(C)c1ccccc1NC(C(=O)O)c1ccccc1. The van der Waals surface area contributed by atoms with Gasteiger partial charge in [0.1, 0.15) is 0 Å². The van der Waals surface area contributed by atoms with Gasteiger partial charge in [-0.15, -0.1) is 0 Å². The molecule has 0 heterocycles. The first kappa shape index (κ1) is 13.9. The summed E-state index contributed by atoms with van der Waals surface area (Å²) in [6, 6.07) is 16.1. The molecular formula is C16H18N2O2. The molecule has 20 heavy (non-hydrogen) atoms. The fourth-order valence-corrected chi connectivity index (χ4v) is 2.07. The van der Waals surface area contributed by atoms with E-state index in [1.165, 1.54) is 0 Å². The van der Waals surface area contributed by atoms with E-state index in [4.69, 9.17) is 0 Å². The van der Waals surface area contributed by atoms with Crippen molar-refractivity contribution in [3.8, 4) is 0 Å². The number of rotatable bonds is 5. The highest BCUT2D eigenvalue weighted by Crippen LogP contribution is 2.28. The zero-order chi connectivity index (χ0) is 14.5. The van der Waals surface area contributed by atoms with Gasteiger partial charge in [0.05, 0.1) is 11.4 Å². The van der Waals surface area contributed by atoms with Crippen molar-refractivity contribution >= 4 is 17.3 Å². The molecule has 0 saturated heterocycles. The number of nitrogens with zero attached hydrogens (tertiary/aromatic N) is 1. The van der Waals surface area contributed by atoms with Gasteiger partial charge in [-0.2, -0.15) is 0 Å². The molecule has 0 aliphatic rings.